The van der Waals surface area contributed by atoms with Crippen LogP contribution in [0.4, 0.5) is 4.79 Å². The first-order valence-corrected chi connectivity index (χ1v) is 3.93. The number of alkyl carbamates (subject to hydrolysis) is 1. The predicted octanol–water partition coefficient (Wildman–Crippen LogP) is 0.173. The smallest absolute Gasteiger partial charge is 0.408 e. The van der Waals surface area contributed by atoms with Gasteiger partial charge in [0.15, 0.2) is 6.07 Å². The zero-order chi connectivity index (χ0) is 9.56. The normalized spacial score (nSPS) is 11.8. The molecule has 0 radical (unpaired) electrons. The van der Waals surface area contributed by atoms with E-state index >= 15 is 0 Å². The molecular formula is C6H11ClN2O3. The average molecular weight is 195 g/mol. The van der Waals surface area contributed by atoms with Gasteiger partial charge in [0.25, 0.3) is 0 Å². The van der Waals surface area contributed by atoms with Gasteiger partial charge in [-0.3, -0.25) is 4.79 Å². The Kier molecular flexibility index (Phi) is 5.19. The Labute approximate surface area is 75.2 Å². The van der Waals surface area contributed by atoms with Crippen molar-refractivity contribution in [1.82, 2.24) is 5.32 Å². The molecule has 5 nitrogen and oxygen atoms in total. The van der Waals surface area contributed by atoms with E-state index in [0.29, 0.717) is 6.42 Å². The van der Waals surface area contributed by atoms with Crippen LogP contribution in [0.15, 0.2) is 0 Å². The van der Waals surface area contributed by atoms with Crippen molar-refractivity contribution in [1.29, 1.82) is 0 Å². The lowest BCUT2D eigenvalue weighted by Gasteiger charge is -2.11. The van der Waals surface area contributed by atoms with E-state index in [-0.39, 0.29) is 6.07 Å². The predicted molar refractivity (Wildman–Crippen MR) is 43.6 cm³/mol. The molecule has 0 aromatic heterocycles. The maximum absolute atomic E-state index is 10.7. The van der Waals surface area contributed by atoms with E-state index in [1.165, 1.54) is 0 Å². The van der Waals surface area contributed by atoms with Gasteiger partial charge in [0, 0.05) is 0 Å². The van der Waals surface area contributed by atoms with Crippen molar-refractivity contribution in [3.8, 4) is 0 Å². The van der Waals surface area contributed by atoms with Gasteiger partial charge >= 0.3 is 6.09 Å². The molecule has 1 unspecified atom stereocenters. The summed E-state index contributed by atoms with van der Waals surface area (Å²) < 4.78 is 4.33. The number of primary amides is 1. The van der Waals surface area contributed by atoms with E-state index in [9.17, 15) is 9.59 Å². The van der Waals surface area contributed by atoms with Crippen LogP contribution in [0.25, 0.3) is 0 Å². The summed E-state index contributed by atoms with van der Waals surface area (Å²) in [7, 11) is 0. The van der Waals surface area contributed by atoms with Crippen molar-refractivity contribution in [3.05, 3.63) is 0 Å². The van der Waals surface area contributed by atoms with Gasteiger partial charge < -0.3 is 15.8 Å². The molecule has 1 atom stereocenters. The third-order valence-corrected chi connectivity index (χ3v) is 1.34. The number of hydrogen-bond acceptors (Lipinski definition) is 3. The zero-order valence-corrected chi connectivity index (χ0v) is 7.43. The lowest BCUT2D eigenvalue weighted by Crippen LogP contribution is -2.44. The SMILES string of the molecule is CCC(NC(=O)OCCl)C(N)=O. The first-order chi connectivity index (χ1) is 5.61. The Hall–Kier alpha value is -0.970. The van der Waals surface area contributed by atoms with Crippen LogP contribution in [-0.2, 0) is 9.53 Å². The molecule has 2 amide bonds. The van der Waals surface area contributed by atoms with Crippen LogP contribution in [-0.4, -0.2) is 24.1 Å². The minimum absolute atomic E-state index is 0.249. The molecule has 0 aliphatic carbocycles. The van der Waals surface area contributed by atoms with Gasteiger partial charge in [-0.25, -0.2) is 4.79 Å². The first kappa shape index (κ1) is 11.0. The van der Waals surface area contributed by atoms with E-state index < -0.39 is 18.0 Å². The van der Waals surface area contributed by atoms with Crippen LogP contribution in [0.1, 0.15) is 13.3 Å². The number of carbonyl (C=O) groups excluding carboxylic acids is 2. The largest absolute Gasteiger partial charge is 0.433 e. The van der Waals surface area contributed by atoms with Gasteiger partial charge in [0.05, 0.1) is 0 Å². The summed E-state index contributed by atoms with van der Waals surface area (Å²) in [6.45, 7) is 1.72. The standard InChI is InChI=1S/C6H11ClN2O3/c1-2-4(5(8)10)9-6(11)12-3-7/h4H,2-3H2,1H3,(H2,8,10)(H,9,11). The summed E-state index contributed by atoms with van der Waals surface area (Å²) in [6, 6.07) is -0.943. The molecule has 0 aliphatic rings. The molecule has 0 aliphatic heterocycles. The third-order valence-electron chi connectivity index (χ3n) is 1.23. The molecule has 0 spiro atoms. The highest BCUT2D eigenvalue weighted by Gasteiger charge is 2.15. The van der Waals surface area contributed by atoms with Crippen LogP contribution in [0.2, 0.25) is 0 Å². The van der Waals surface area contributed by atoms with Crippen molar-refractivity contribution < 1.29 is 14.3 Å². The summed E-state index contributed by atoms with van der Waals surface area (Å²) in [5.41, 5.74) is 4.95. The fourth-order valence-corrected chi connectivity index (χ4v) is 0.707. The number of nitrogens with two attached hydrogens (primary N) is 1. The molecule has 0 fully saturated rings. The first-order valence-electron chi connectivity index (χ1n) is 3.40. The minimum Gasteiger partial charge on any atom is -0.433 e. The van der Waals surface area contributed by atoms with Crippen molar-refractivity contribution in [2.24, 2.45) is 5.73 Å². The summed E-state index contributed by atoms with van der Waals surface area (Å²) in [6.07, 6.45) is -0.317. The molecule has 0 heterocycles. The second-order valence-electron chi connectivity index (χ2n) is 2.05. The Balaban J connectivity index is 3.85. The highest BCUT2D eigenvalue weighted by molar-refractivity contribution is 6.17. The van der Waals surface area contributed by atoms with E-state index in [4.69, 9.17) is 17.3 Å². The Morgan fingerprint density at radius 2 is 2.25 bits per heavy atom. The highest BCUT2D eigenvalue weighted by Crippen LogP contribution is 1.91. The minimum atomic E-state index is -0.740. The number of alkyl halides is 1. The number of halogens is 1. The van der Waals surface area contributed by atoms with Crippen LogP contribution in [0.5, 0.6) is 0 Å². The van der Waals surface area contributed by atoms with E-state index in [1.807, 2.05) is 0 Å². The fourth-order valence-electron chi connectivity index (χ4n) is 0.608. The van der Waals surface area contributed by atoms with Crippen LogP contribution in [0.3, 0.4) is 0 Å². The Morgan fingerprint density at radius 1 is 1.67 bits per heavy atom. The lowest BCUT2D eigenvalue weighted by molar-refractivity contribution is -0.119. The summed E-state index contributed by atoms with van der Waals surface area (Å²) in [5.74, 6) is -0.593. The van der Waals surface area contributed by atoms with Crippen molar-refractivity contribution in [2.45, 2.75) is 19.4 Å². The number of hydrogen-bond donors (Lipinski definition) is 2. The maximum Gasteiger partial charge on any atom is 0.408 e. The summed E-state index contributed by atoms with van der Waals surface area (Å²) in [5, 5.41) is 2.25. The van der Waals surface area contributed by atoms with E-state index in [0.717, 1.165) is 0 Å². The van der Waals surface area contributed by atoms with Gasteiger partial charge in [-0.1, -0.05) is 18.5 Å². The molecule has 0 aromatic carbocycles. The van der Waals surface area contributed by atoms with Gasteiger partial charge in [0.2, 0.25) is 5.91 Å². The van der Waals surface area contributed by atoms with E-state index in [2.05, 4.69) is 10.1 Å². The van der Waals surface area contributed by atoms with Gasteiger partial charge in [-0.2, -0.15) is 0 Å². The monoisotopic (exact) mass is 194 g/mol. The second kappa shape index (κ2) is 5.65. The molecular weight excluding hydrogens is 184 g/mol. The number of carbonyl (C=O) groups is 2. The molecule has 3 N–H and O–H groups in total. The quantitative estimate of drug-likeness (QED) is 0.626. The zero-order valence-electron chi connectivity index (χ0n) is 6.67. The molecule has 0 rings (SSSR count). The van der Waals surface area contributed by atoms with Gasteiger partial charge in [-0.05, 0) is 6.42 Å². The number of rotatable bonds is 4. The molecule has 6 heteroatoms. The molecule has 0 saturated heterocycles. The maximum atomic E-state index is 10.7. The summed E-state index contributed by atoms with van der Waals surface area (Å²) >= 11 is 5.10. The lowest BCUT2D eigenvalue weighted by atomic mass is 10.2. The topological polar surface area (TPSA) is 81.4 Å². The van der Waals surface area contributed by atoms with Crippen molar-refractivity contribution in [2.75, 3.05) is 6.07 Å². The number of ether oxygens (including phenoxy) is 1. The number of nitrogens with one attached hydrogen (secondary N) is 1. The molecule has 0 aromatic rings. The highest BCUT2D eigenvalue weighted by atomic mass is 35.5. The van der Waals surface area contributed by atoms with E-state index in [1.54, 1.807) is 6.92 Å². The fraction of sp³-hybridized carbons (Fsp3) is 0.667. The van der Waals surface area contributed by atoms with Gasteiger partial charge in [-0.15, -0.1) is 0 Å². The molecule has 0 saturated carbocycles. The average Bonchev–Trinajstić information content (AvgIpc) is 2.00. The number of amides is 2. The molecule has 70 valence electrons. The van der Waals surface area contributed by atoms with Crippen LogP contribution < -0.4 is 11.1 Å². The van der Waals surface area contributed by atoms with Crippen molar-refractivity contribution >= 4 is 23.6 Å². The van der Waals surface area contributed by atoms with Crippen LogP contribution in [0, 0.1) is 0 Å². The molecule has 12 heavy (non-hydrogen) atoms. The summed E-state index contributed by atoms with van der Waals surface area (Å²) in [4.78, 5) is 21.3. The Morgan fingerprint density at radius 3 is 2.58 bits per heavy atom. The van der Waals surface area contributed by atoms with Crippen molar-refractivity contribution in [3.63, 3.8) is 0 Å². The van der Waals surface area contributed by atoms with Gasteiger partial charge in [0.1, 0.15) is 6.04 Å². The molecule has 0 bridgehead atoms. The Bertz CT molecular complexity index is 174. The third kappa shape index (κ3) is 4.02. The second-order valence-corrected chi connectivity index (χ2v) is 2.27. The van der Waals surface area contributed by atoms with Crippen LogP contribution >= 0.6 is 11.6 Å².